The number of likely N-dealkylation sites (tertiary alicyclic amines) is 1. The molecule has 4 nitrogen and oxygen atoms in total. The van der Waals surface area contributed by atoms with Crippen molar-refractivity contribution in [1.29, 1.82) is 0 Å². The van der Waals surface area contributed by atoms with Crippen molar-refractivity contribution in [2.45, 2.75) is 45.7 Å². The van der Waals surface area contributed by atoms with Gasteiger partial charge in [-0.05, 0) is 61.1 Å². The SMILES string of the molecule is CC(C)CC(=O)N[C@H](c1ccccn1)[C@@H]1CCCN(Cc2ccc(Cl)c(Cl)c2)C1. The minimum absolute atomic E-state index is 0.0703. The lowest BCUT2D eigenvalue weighted by atomic mass is 9.88. The molecule has 0 spiro atoms. The van der Waals surface area contributed by atoms with E-state index >= 15 is 0 Å². The fourth-order valence-electron chi connectivity index (χ4n) is 4.00. The molecule has 1 fully saturated rings. The van der Waals surface area contributed by atoms with E-state index in [1.54, 1.807) is 6.20 Å². The minimum Gasteiger partial charge on any atom is -0.347 e. The lowest BCUT2D eigenvalue weighted by Gasteiger charge is -2.37. The summed E-state index contributed by atoms with van der Waals surface area (Å²) in [6.45, 7) is 6.89. The summed E-state index contributed by atoms with van der Waals surface area (Å²) in [5.74, 6) is 0.742. The van der Waals surface area contributed by atoms with E-state index in [0.717, 1.165) is 43.7 Å². The molecule has 1 N–H and O–H groups in total. The zero-order valence-corrected chi connectivity index (χ0v) is 18.6. The molecule has 6 heteroatoms. The first-order valence-corrected chi connectivity index (χ1v) is 11.0. The normalized spacial score (nSPS) is 18.6. The maximum absolute atomic E-state index is 12.5. The van der Waals surface area contributed by atoms with Crippen LogP contribution < -0.4 is 5.32 Å². The van der Waals surface area contributed by atoms with Gasteiger partial charge in [-0.25, -0.2) is 0 Å². The van der Waals surface area contributed by atoms with Crippen LogP contribution in [0.15, 0.2) is 42.6 Å². The van der Waals surface area contributed by atoms with E-state index < -0.39 is 0 Å². The van der Waals surface area contributed by atoms with E-state index in [1.807, 2.05) is 36.4 Å². The molecule has 1 saturated heterocycles. The Morgan fingerprint density at radius 2 is 2.07 bits per heavy atom. The largest absolute Gasteiger partial charge is 0.347 e. The molecule has 29 heavy (non-hydrogen) atoms. The van der Waals surface area contributed by atoms with Crippen molar-refractivity contribution in [3.63, 3.8) is 0 Å². The number of halogens is 2. The van der Waals surface area contributed by atoms with Crippen molar-refractivity contribution in [2.24, 2.45) is 11.8 Å². The van der Waals surface area contributed by atoms with E-state index in [9.17, 15) is 4.79 Å². The average Bonchev–Trinajstić information content (AvgIpc) is 2.69. The highest BCUT2D eigenvalue weighted by molar-refractivity contribution is 6.42. The number of carbonyl (C=O) groups is 1. The molecular formula is C23H29Cl2N3O. The topological polar surface area (TPSA) is 45.2 Å². The van der Waals surface area contributed by atoms with Crippen molar-refractivity contribution < 1.29 is 4.79 Å². The van der Waals surface area contributed by atoms with E-state index in [-0.39, 0.29) is 11.9 Å². The molecule has 2 atom stereocenters. The first-order valence-electron chi connectivity index (χ1n) is 10.3. The number of piperidine rings is 1. The molecule has 0 saturated carbocycles. The van der Waals surface area contributed by atoms with Crippen LogP contribution >= 0.6 is 23.2 Å². The van der Waals surface area contributed by atoms with Crippen molar-refractivity contribution in [1.82, 2.24) is 15.2 Å². The number of nitrogens with one attached hydrogen (secondary N) is 1. The van der Waals surface area contributed by atoms with Crippen molar-refractivity contribution in [3.8, 4) is 0 Å². The third-order valence-corrected chi connectivity index (χ3v) is 6.06. The first-order chi connectivity index (χ1) is 13.9. The fourth-order valence-corrected chi connectivity index (χ4v) is 4.32. The van der Waals surface area contributed by atoms with Gasteiger partial charge in [-0.2, -0.15) is 0 Å². The van der Waals surface area contributed by atoms with E-state index in [0.29, 0.717) is 28.3 Å². The van der Waals surface area contributed by atoms with Crippen LogP contribution in [0.1, 0.15) is 50.4 Å². The maximum Gasteiger partial charge on any atom is 0.220 e. The van der Waals surface area contributed by atoms with Crippen molar-refractivity contribution in [2.75, 3.05) is 13.1 Å². The number of amides is 1. The van der Waals surface area contributed by atoms with Crippen molar-refractivity contribution in [3.05, 3.63) is 63.9 Å². The summed E-state index contributed by atoms with van der Waals surface area (Å²) in [7, 11) is 0. The summed E-state index contributed by atoms with van der Waals surface area (Å²) in [6, 6.07) is 11.7. The molecular weight excluding hydrogens is 405 g/mol. The lowest BCUT2D eigenvalue weighted by Crippen LogP contribution is -2.43. The van der Waals surface area contributed by atoms with Crippen LogP contribution in [0.3, 0.4) is 0 Å². The Balaban J connectivity index is 1.72. The molecule has 1 aliphatic heterocycles. The lowest BCUT2D eigenvalue weighted by molar-refractivity contribution is -0.123. The predicted molar refractivity (Wildman–Crippen MR) is 119 cm³/mol. The molecule has 0 bridgehead atoms. The van der Waals surface area contributed by atoms with E-state index in [4.69, 9.17) is 23.2 Å². The fraction of sp³-hybridized carbons (Fsp3) is 0.478. The molecule has 0 aliphatic carbocycles. The van der Waals surface area contributed by atoms with Gasteiger partial charge in [-0.1, -0.05) is 49.2 Å². The van der Waals surface area contributed by atoms with Gasteiger partial charge in [0.2, 0.25) is 5.91 Å². The van der Waals surface area contributed by atoms with Crippen LogP contribution in [-0.4, -0.2) is 28.9 Å². The number of rotatable bonds is 7. The third-order valence-electron chi connectivity index (χ3n) is 5.32. The quantitative estimate of drug-likeness (QED) is 0.626. The highest BCUT2D eigenvalue weighted by Gasteiger charge is 2.30. The average molecular weight is 434 g/mol. The number of hydrogen-bond acceptors (Lipinski definition) is 3. The molecule has 156 valence electrons. The molecule has 3 rings (SSSR count). The van der Waals surface area contributed by atoms with E-state index in [1.165, 1.54) is 0 Å². The summed E-state index contributed by atoms with van der Waals surface area (Å²) in [5.41, 5.74) is 2.09. The van der Waals surface area contributed by atoms with Crippen LogP contribution in [0.2, 0.25) is 10.0 Å². The van der Waals surface area contributed by atoms with Crippen LogP contribution in [0.5, 0.6) is 0 Å². The van der Waals surface area contributed by atoms with E-state index in [2.05, 4.69) is 29.0 Å². The van der Waals surface area contributed by atoms with Crippen molar-refractivity contribution >= 4 is 29.1 Å². The van der Waals surface area contributed by atoms with Gasteiger partial charge in [0.25, 0.3) is 0 Å². The number of carbonyl (C=O) groups excluding carboxylic acids is 1. The van der Waals surface area contributed by atoms with Gasteiger partial charge in [0, 0.05) is 25.7 Å². The van der Waals surface area contributed by atoms with Gasteiger partial charge < -0.3 is 5.32 Å². The Labute approximate surface area is 183 Å². The summed E-state index contributed by atoms with van der Waals surface area (Å²) >= 11 is 12.2. The van der Waals surface area contributed by atoms with Crippen LogP contribution in [0, 0.1) is 11.8 Å². The third kappa shape index (κ3) is 6.43. The molecule has 1 aromatic heterocycles. The molecule has 1 aromatic carbocycles. The van der Waals surface area contributed by atoms with Gasteiger partial charge in [0.05, 0.1) is 21.8 Å². The second kappa shape index (κ2) is 10.4. The molecule has 0 unspecified atom stereocenters. The number of hydrogen-bond donors (Lipinski definition) is 1. The number of nitrogens with zero attached hydrogens (tertiary/aromatic N) is 2. The predicted octanol–water partition coefficient (Wildman–Crippen LogP) is 5.50. The molecule has 1 amide bonds. The van der Waals surface area contributed by atoms with Gasteiger partial charge in [-0.15, -0.1) is 0 Å². The second-order valence-corrected chi connectivity index (χ2v) is 9.10. The number of aromatic nitrogens is 1. The summed E-state index contributed by atoms with van der Waals surface area (Å²) in [6.07, 6.45) is 4.49. The standard InChI is InChI=1S/C23H29Cl2N3O/c1-16(2)12-22(29)27-23(21-7-3-4-10-26-21)18-6-5-11-28(15-18)14-17-8-9-19(24)20(25)13-17/h3-4,7-10,13,16,18,23H,5-6,11-12,14-15H2,1-2H3,(H,27,29)/t18-,23+/m1/s1. The highest BCUT2D eigenvalue weighted by Crippen LogP contribution is 2.31. The Morgan fingerprint density at radius 3 is 2.76 bits per heavy atom. The summed E-state index contributed by atoms with van der Waals surface area (Å²) in [5, 5.41) is 4.44. The summed E-state index contributed by atoms with van der Waals surface area (Å²) < 4.78 is 0. The smallest absolute Gasteiger partial charge is 0.220 e. The van der Waals surface area contributed by atoms with Crippen LogP contribution in [0.25, 0.3) is 0 Å². The Kier molecular flexibility index (Phi) is 7.93. The van der Waals surface area contributed by atoms with Crippen LogP contribution in [-0.2, 0) is 11.3 Å². The highest BCUT2D eigenvalue weighted by atomic mass is 35.5. The van der Waals surface area contributed by atoms with Gasteiger partial charge in [-0.3, -0.25) is 14.7 Å². The number of pyridine rings is 1. The van der Waals surface area contributed by atoms with Gasteiger partial charge in [0.1, 0.15) is 0 Å². The monoisotopic (exact) mass is 433 g/mol. The molecule has 0 radical (unpaired) electrons. The first kappa shape index (κ1) is 22.1. The van der Waals surface area contributed by atoms with Gasteiger partial charge >= 0.3 is 0 Å². The maximum atomic E-state index is 12.5. The zero-order chi connectivity index (χ0) is 20.8. The zero-order valence-electron chi connectivity index (χ0n) is 17.1. The minimum atomic E-state index is -0.0703. The molecule has 2 aromatic rings. The molecule has 2 heterocycles. The number of benzene rings is 1. The Morgan fingerprint density at radius 1 is 1.24 bits per heavy atom. The second-order valence-electron chi connectivity index (χ2n) is 8.28. The molecule has 1 aliphatic rings. The summed E-state index contributed by atoms with van der Waals surface area (Å²) in [4.78, 5) is 19.5. The van der Waals surface area contributed by atoms with Gasteiger partial charge in [0.15, 0.2) is 0 Å². The Hall–Kier alpha value is -1.62. The Bertz CT molecular complexity index is 813. The van der Waals surface area contributed by atoms with Crippen LogP contribution in [0.4, 0.5) is 0 Å².